The molecule has 0 fully saturated rings. The molecule has 0 spiro atoms. The molecule has 192 valence electrons. The monoisotopic (exact) mass is 496 g/mol. The van der Waals surface area contributed by atoms with Crippen molar-refractivity contribution in [1.82, 2.24) is 9.47 Å². The lowest BCUT2D eigenvalue weighted by Gasteiger charge is -2.29. The Hall–Kier alpha value is -3.85. The van der Waals surface area contributed by atoms with Gasteiger partial charge in [-0.25, -0.2) is 9.59 Å². The minimum atomic E-state index is -1.82. The van der Waals surface area contributed by atoms with Gasteiger partial charge < -0.3 is 24.3 Å². The van der Waals surface area contributed by atoms with Crippen molar-refractivity contribution in [1.29, 1.82) is 0 Å². The van der Waals surface area contributed by atoms with Crippen LogP contribution in [0, 0.1) is 0 Å². The largest absolute Gasteiger partial charge is 0.493 e. The second-order valence-electron chi connectivity index (χ2n) is 8.66. The van der Waals surface area contributed by atoms with Gasteiger partial charge in [-0.2, -0.15) is 0 Å². The van der Waals surface area contributed by atoms with Gasteiger partial charge in [0, 0.05) is 42.3 Å². The van der Waals surface area contributed by atoms with Crippen LogP contribution in [-0.2, 0) is 29.1 Å². The van der Waals surface area contributed by atoms with Crippen molar-refractivity contribution >= 4 is 28.6 Å². The fraction of sp³-hybridized carbons (Fsp3) is 0.370. The first-order valence-electron chi connectivity index (χ1n) is 11.8. The van der Waals surface area contributed by atoms with E-state index in [2.05, 4.69) is 39.9 Å². The van der Waals surface area contributed by atoms with Crippen molar-refractivity contribution in [3.63, 3.8) is 0 Å². The molecule has 36 heavy (non-hydrogen) atoms. The van der Waals surface area contributed by atoms with Crippen molar-refractivity contribution in [2.75, 3.05) is 27.3 Å². The van der Waals surface area contributed by atoms with Crippen molar-refractivity contribution in [3.05, 3.63) is 59.3 Å². The fourth-order valence-corrected chi connectivity index (χ4v) is 4.36. The number of carbonyl (C=O) groups excluding carboxylic acids is 1. The van der Waals surface area contributed by atoms with E-state index in [1.807, 2.05) is 12.1 Å². The molecule has 2 N–H and O–H groups in total. The lowest BCUT2D eigenvalue weighted by molar-refractivity contribution is -0.159. The average Bonchev–Trinajstić information content (AvgIpc) is 3.28. The Kier molecular flexibility index (Phi) is 9.08. The second-order valence-corrected chi connectivity index (χ2v) is 8.66. The summed E-state index contributed by atoms with van der Waals surface area (Å²) >= 11 is 0. The standard InChI is InChI=1S/C25H30N2O3.C2H2O4/c1-18(28)19-6-7-23-21(14-19)9-13-27(23)11-5-4-10-26-12-8-20-15-24(29-2)25(30-3)16-22(20)17-26;3-1(4)2(5)6/h6-7,9,13-16H,4-5,8,10-12,17H2,1-3H3;(H,3,4)(H,5,6). The summed E-state index contributed by atoms with van der Waals surface area (Å²) < 4.78 is 13.2. The predicted octanol–water partition coefficient (Wildman–Crippen LogP) is 3.86. The van der Waals surface area contributed by atoms with E-state index in [1.54, 1.807) is 21.1 Å². The quantitative estimate of drug-likeness (QED) is 0.274. The molecule has 1 aliphatic rings. The van der Waals surface area contributed by atoms with Crippen LogP contribution in [0.2, 0.25) is 0 Å². The molecule has 0 saturated carbocycles. The molecule has 0 unspecified atom stereocenters. The summed E-state index contributed by atoms with van der Waals surface area (Å²) in [6, 6.07) is 12.3. The zero-order valence-electron chi connectivity index (χ0n) is 20.8. The van der Waals surface area contributed by atoms with Crippen LogP contribution in [0.1, 0.15) is 41.3 Å². The van der Waals surface area contributed by atoms with E-state index in [1.165, 1.54) is 16.6 Å². The van der Waals surface area contributed by atoms with Crippen LogP contribution in [0.3, 0.4) is 0 Å². The number of rotatable bonds is 8. The molecule has 1 aliphatic heterocycles. The molecule has 3 aromatic rings. The summed E-state index contributed by atoms with van der Waals surface area (Å²) in [5.41, 5.74) is 4.69. The molecule has 0 saturated heterocycles. The normalized spacial score (nSPS) is 12.9. The fourth-order valence-electron chi connectivity index (χ4n) is 4.36. The SMILES string of the molecule is COc1cc2c(cc1OC)CN(CCCCn1ccc3cc(C(C)=O)ccc31)CC2.O=C(O)C(=O)O. The van der Waals surface area contributed by atoms with Gasteiger partial charge in [0.2, 0.25) is 0 Å². The number of aliphatic carboxylic acids is 2. The summed E-state index contributed by atoms with van der Waals surface area (Å²) in [5, 5.41) is 15.9. The molecule has 2 aromatic carbocycles. The Labute approximate surface area is 209 Å². The zero-order chi connectivity index (χ0) is 26.2. The van der Waals surface area contributed by atoms with E-state index in [0.29, 0.717) is 0 Å². The van der Waals surface area contributed by atoms with Crippen LogP contribution in [0.25, 0.3) is 10.9 Å². The summed E-state index contributed by atoms with van der Waals surface area (Å²) in [6.45, 7) is 5.77. The summed E-state index contributed by atoms with van der Waals surface area (Å²) in [4.78, 5) is 32.3. The van der Waals surface area contributed by atoms with E-state index in [-0.39, 0.29) is 5.78 Å². The summed E-state index contributed by atoms with van der Waals surface area (Å²) in [5.74, 6) is -1.90. The first-order chi connectivity index (χ1) is 17.2. The Bertz CT molecular complexity index is 1240. The molecule has 2 heterocycles. The number of benzene rings is 2. The van der Waals surface area contributed by atoms with Crippen molar-refractivity contribution in [2.45, 2.75) is 39.3 Å². The maximum absolute atomic E-state index is 11.6. The smallest absolute Gasteiger partial charge is 0.414 e. The Balaban J connectivity index is 0.000000538. The Morgan fingerprint density at radius 2 is 1.53 bits per heavy atom. The molecule has 4 rings (SSSR count). The highest BCUT2D eigenvalue weighted by Gasteiger charge is 2.19. The molecule has 9 nitrogen and oxygen atoms in total. The molecular weight excluding hydrogens is 464 g/mol. The van der Waals surface area contributed by atoms with Crippen LogP contribution in [0.15, 0.2) is 42.6 Å². The van der Waals surface area contributed by atoms with Gasteiger partial charge in [0.25, 0.3) is 0 Å². The predicted molar refractivity (Wildman–Crippen MR) is 135 cm³/mol. The molecule has 9 heteroatoms. The topological polar surface area (TPSA) is 118 Å². The third-order valence-electron chi connectivity index (χ3n) is 6.28. The molecule has 0 bridgehead atoms. The number of hydrogen-bond donors (Lipinski definition) is 2. The van der Waals surface area contributed by atoms with Gasteiger partial charge in [-0.05, 0) is 80.3 Å². The van der Waals surface area contributed by atoms with Crippen LogP contribution < -0.4 is 9.47 Å². The number of carbonyl (C=O) groups is 3. The summed E-state index contributed by atoms with van der Waals surface area (Å²) in [6.07, 6.45) is 5.48. The van der Waals surface area contributed by atoms with Gasteiger partial charge in [0.15, 0.2) is 17.3 Å². The minimum Gasteiger partial charge on any atom is -0.493 e. The molecule has 0 radical (unpaired) electrons. The number of ketones is 1. The van der Waals surface area contributed by atoms with Crippen molar-refractivity contribution in [3.8, 4) is 11.5 Å². The number of aryl methyl sites for hydroxylation is 1. The lowest BCUT2D eigenvalue weighted by atomic mass is 9.98. The number of ether oxygens (including phenoxy) is 2. The average molecular weight is 497 g/mol. The van der Waals surface area contributed by atoms with E-state index >= 15 is 0 Å². The van der Waals surface area contributed by atoms with Gasteiger partial charge in [0.1, 0.15) is 0 Å². The van der Waals surface area contributed by atoms with E-state index in [9.17, 15) is 4.79 Å². The number of fused-ring (bicyclic) bond motifs is 2. The van der Waals surface area contributed by atoms with Crippen LogP contribution in [0.4, 0.5) is 0 Å². The van der Waals surface area contributed by atoms with E-state index in [4.69, 9.17) is 29.3 Å². The van der Waals surface area contributed by atoms with Crippen molar-refractivity contribution < 1.29 is 34.1 Å². The first kappa shape index (κ1) is 26.7. The molecular formula is C27H32N2O7. The number of aromatic nitrogens is 1. The van der Waals surface area contributed by atoms with Gasteiger partial charge >= 0.3 is 11.9 Å². The van der Waals surface area contributed by atoms with Gasteiger partial charge in [-0.1, -0.05) is 0 Å². The lowest BCUT2D eigenvalue weighted by Crippen LogP contribution is -2.31. The number of Topliss-reactive ketones (excluding diaryl/α,β-unsaturated/α-hetero) is 1. The molecule has 1 aromatic heterocycles. The zero-order valence-corrected chi connectivity index (χ0v) is 20.8. The third kappa shape index (κ3) is 6.63. The number of nitrogens with zero attached hydrogens (tertiary/aromatic N) is 2. The number of carboxylic acid groups (broad SMARTS) is 2. The van der Waals surface area contributed by atoms with Crippen molar-refractivity contribution in [2.24, 2.45) is 0 Å². The first-order valence-corrected chi connectivity index (χ1v) is 11.8. The highest BCUT2D eigenvalue weighted by Crippen LogP contribution is 2.33. The molecule has 0 aliphatic carbocycles. The maximum atomic E-state index is 11.6. The second kappa shape index (κ2) is 12.2. The highest BCUT2D eigenvalue weighted by molar-refractivity contribution is 6.27. The number of unbranched alkanes of at least 4 members (excludes halogenated alkanes) is 1. The van der Waals surface area contributed by atoms with E-state index in [0.717, 1.165) is 67.9 Å². The van der Waals surface area contributed by atoms with Gasteiger partial charge in [-0.15, -0.1) is 0 Å². The minimum absolute atomic E-state index is 0.115. The van der Waals surface area contributed by atoms with Gasteiger partial charge in [-0.3, -0.25) is 9.69 Å². The maximum Gasteiger partial charge on any atom is 0.414 e. The summed E-state index contributed by atoms with van der Waals surface area (Å²) in [7, 11) is 3.38. The molecule has 0 amide bonds. The Morgan fingerprint density at radius 1 is 0.889 bits per heavy atom. The van der Waals surface area contributed by atoms with Crippen LogP contribution in [-0.4, -0.2) is 64.7 Å². The van der Waals surface area contributed by atoms with Crippen LogP contribution >= 0.6 is 0 Å². The Morgan fingerprint density at radius 3 is 2.14 bits per heavy atom. The van der Waals surface area contributed by atoms with E-state index < -0.39 is 11.9 Å². The highest BCUT2D eigenvalue weighted by atomic mass is 16.5. The van der Waals surface area contributed by atoms with Gasteiger partial charge in [0.05, 0.1) is 14.2 Å². The third-order valence-corrected chi connectivity index (χ3v) is 6.28. The number of methoxy groups -OCH3 is 2. The number of carboxylic acids is 2. The number of hydrogen-bond acceptors (Lipinski definition) is 6. The van der Waals surface area contributed by atoms with Crippen LogP contribution in [0.5, 0.6) is 11.5 Å². The molecule has 0 atom stereocenters.